The van der Waals surface area contributed by atoms with Gasteiger partial charge in [0.15, 0.2) is 0 Å². The van der Waals surface area contributed by atoms with E-state index in [4.69, 9.17) is 10.5 Å². The van der Waals surface area contributed by atoms with Gasteiger partial charge in [0.25, 0.3) is 0 Å². The molecular weight excluding hydrogens is 380 g/mol. The van der Waals surface area contributed by atoms with Crippen LogP contribution in [-0.2, 0) is 14.8 Å². The minimum absolute atomic E-state index is 0. The molecule has 1 aromatic rings. The van der Waals surface area contributed by atoms with Crippen molar-refractivity contribution >= 4 is 28.4 Å². The predicted molar refractivity (Wildman–Crippen MR) is 101 cm³/mol. The van der Waals surface area contributed by atoms with Gasteiger partial charge < -0.3 is 15.2 Å². The zero-order valence-corrected chi connectivity index (χ0v) is 16.7. The molecule has 0 heterocycles. The maximum absolute atomic E-state index is 12.7. The fourth-order valence-corrected chi connectivity index (χ4v) is 4.61. The number of rotatable bonds is 7. The average molecular weight is 407 g/mol. The molecule has 0 aliphatic heterocycles. The quantitative estimate of drug-likeness (QED) is 0.671. The van der Waals surface area contributed by atoms with Gasteiger partial charge in [0, 0.05) is 12.6 Å². The van der Waals surface area contributed by atoms with Crippen molar-refractivity contribution in [2.75, 3.05) is 20.8 Å². The predicted octanol–water partition coefficient (Wildman–Crippen LogP) is 2.09. The van der Waals surface area contributed by atoms with Crippen molar-refractivity contribution in [2.24, 2.45) is 11.7 Å². The van der Waals surface area contributed by atoms with Crippen LogP contribution in [0.5, 0.6) is 5.75 Å². The molecular formula is C17H27ClN2O5S. The highest BCUT2D eigenvalue weighted by Gasteiger charge is 2.28. The maximum atomic E-state index is 12.7. The lowest BCUT2D eigenvalue weighted by Crippen LogP contribution is -2.45. The van der Waals surface area contributed by atoms with Crippen molar-refractivity contribution in [2.45, 2.75) is 43.0 Å². The minimum atomic E-state index is -3.80. The normalized spacial score (nSPS) is 16.4. The molecule has 1 aromatic carbocycles. The molecule has 26 heavy (non-hydrogen) atoms. The van der Waals surface area contributed by atoms with Crippen molar-refractivity contribution in [3.8, 4) is 5.75 Å². The first-order valence-electron chi connectivity index (χ1n) is 8.41. The van der Waals surface area contributed by atoms with E-state index in [0.717, 1.165) is 25.7 Å². The molecule has 0 radical (unpaired) electrons. The Hall–Kier alpha value is -1.35. The third-order valence-electron chi connectivity index (χ3n) is 4.67. The molecule has 1 aliphatic rings. The summed E-state index contributed by atoms with van der Waals surface area (Å²) in [5.74, 6) is -0.156. The van der Waals surface area contributed by atoms with E-state index < -0.39 is 16.0 Å². The summed E-state index contributed by atoms with van der Waals surface area (Å²) in [5.41, 5.74) is 5.88. The second-order valence-corrected chi connectivity index (χ2v) is 7.93. The highest BCUT2D eigenvalue weighted by Crippen LogP contribution is 2.28. The van der Waals surface area contributed by atoms with Gasteiger partial charge in [0.2, 0.25) is 10.0 Å². The molecule has 0 spiro atoms. The first-order valence-corrected chi connectivity index (χ1v) is 9.90. The molecule has 1 fully saturated rings. The molecule has 0 amide bonds. The second kappa shape index (κ2) is 10.1. The Balaban J connectivity index is 0.00000338. The Morgan fingerprint density at radius 2 is 1.92 bits per heavy atom. The van der Waals surface area contributed by atoms with Crippen LogP contribution in [-0.4, -0.2) is 41.2 Å². The Bertz CT molecular complexity index is 705. The molecule has 1 unspecified atom stereocenters. The molecule has 7 nitrogen and oxygen atoms in total. The van der Waals surface area contributed by atoms with Gasteiger partial charge in [0.05, 0.1) is 19.1 Å². The number of nitrogens with one attached hydrogen (secondary N) is 1. The van der Waals surface area contributed by atoms with E-state index in [9.17, 15) is 13.2 Å². The number of nitrogens with two attached hydrogens (primary N) is 1. The molecule has 1 saturated carbocycles. The monoisotopic (exact) mass is 406 g/mol. The number of hydrogen-bond donors (Lipinski definition) is 2. The van der Waals surface area contributed by atoms with E-state index in [2.05, 4.69) is 9.46 Å². The van der Waals surface area contributed by atoms with Crippen molar-refractivity contribution in [3.05, 3.63) is 23.8 Å². The summed E-state index contributed by atoms with van der Waals surface area (Å²) >= 11 is 0. The highest BCUT2D eigenvalue weighted by atomic mass is 35.5. The number of carbonyl (C=O) groups is 1. The zero-order chi connectivity index (χ0) is 18.4. The smallest absolute Gasteiger partial charge is 0.341 e. The van der Waals surface area contributed by atoms with Crippen molar-refractivity contribution in [3.63, 3.8) is 0 Å². The number of methoxy groups -OCH3 is 2. The fraction of sp³-hybridized carbons (Fsp3) is 0.588. The van der Waals surface area contributed by atoms with Gasteiger partial charge in [-0.25, -0.2) is 17.9 Å². The Labute approximate surface area is 161 Å². The summed E-state index contributed by atoms with van der Waals surface area (Å²) in [6.07, 6.45) is 5.32. The molecule has 148 valence electrons. The summed E-state index contributed by atoms with van der Waals surface area (Å²) in [6.45, 7) is 0.240. The summed E-state index contributed by atoms with van der Waals surface area (Å²) in [5, 5.41) is 0. The van der Waals surface area contributed by atoms with Crippen molar-refractivity contribution < 1.29 is 22.7 Å². The van der Waals surface area contributed by atoms with Crippen LogP contribution >= 0.6 is 12.4 Å². The summed E-state index contributed by atoms with van der Waals surface area (Å²) in [7, 11) is -1.17. The fourth-order valence-electron chi connectivity index (χ4n) is 3.26. The highest BCUT2D eigenvalue weighted by molar-refractivity contribution is 7.89. The Morgan fingerprint density at radius 1 is 1.27 bits per heavy atom. The van der Waals surface area contributed by atoms with Crippen LogP contribution in [0.2, 0.25) is 0 Å². The zero-order valence-electron chi connectivity index (χ0n) is 15.1. The molecule has 3 N–H and O–H groups in total. The third-order valence-corrected chi connectivity index (χ3v) is 6.15. The average Bonchev–Trinajstić information content (AvgIpc) is 2.65. The number of benzene rings is 1. The van der Waals surface area contributed by atoms with Gasteiger partial charge >= 0.3 is 5.97 Å². The minimum Gasteiger partial charge on any atom is -0.496 e. The lowest BCUT2D eigenvalue weighted by molar-refractivity contribution is 0.0597. The standard InChI is InChI=1S/C17H26N2O5S.ClH/c1-23-16-9-8-13(10-14(16)17(20)24-2)25(21,22)19-15(11-18)12-6-4-3-5-7-12;/h8-10,12,15,19H,3-7,11,18H2,1-2H3;1H. The van der Waals surface area contributed by atoms with Crippen molar-refractivity contribution in [1.29, 1.82) is 0 Å². The summed E-state index contributed by atoms with van der Waals surface area (Å²) in [6, 6.07) is 3.80. The van der Waals surface area contributed by atoms with Crippen LogP contribution in [0, 0.1) is 5.92 Å². The molecule has 0 bridgehead atoms. The van der Waals surface area contributed by atoms with Crippen LogP contribution in [0.3, 0.4) is 0 Å². The Kier molecular flexibility index (Phi) is 8.82. The number of sulfonamides is 1. The third kappa shape index (κ3) is 5.33. The molecule has 2 rings (SSSR count). The molecule has 0 aromatic heterocycles. The van der Waals surface area contributed by atoms with Gasteiger partial charge in [-0.05, 0) is 37.0 Å². The van der Waals surface area contributed by atoms with Gasteiger partial charge in [-0.15, -0.1) is 12.4 Å². The lowest BCUT2D eigenvalue weighted by Gasteiger charge is -2.29. The van der Waals surface area contributed by atoms with E-state index in [1.54, 1.807) is 0 Å². The van der Waals surface area contributed by atoms with Crippen LogP contribution in [0.25, 0.3) is 0 Å². The number of esters is 1. The van der Waals surface area contributed by atoms with E-state index in [1.807, 2.05) is 0 Å². The SMILES string of the molecule is COC(=O)c1cc(S(=O)(=O)NC(CN)C2CCCCC2)ccc1OC.Cl. The van der Waals surface area contributed by atoms with Gasteiger partial charge in [-0.3, -0.25) is 0 Å². The van der Waals surface area contributed by atoms with Gasteiger partial charge in [0.1, 0.15) is 11.3 Å². The topological polar surface area (TPSA) is 108 Å². The van der Waals surface area contributed by atoms with E-state index in [-0.39, 0.29) is 47.1 Å². The van der Waals surface area contributed by atoms with Crippen molar-refractivity contribution in [1.82, 2.24) is 4.72 Å². The second-order valence-electron chi connectivity index (χ2n) is 6.22. The summed E-state index contributed by atoms with van der Waals surface area (Å²) in [4.78, 5) is 11.8. The molecule has 9 heteroatoms. The Morgan fingerprint density at radius 3 is 2.46 bits per heavy atom. The van der Waals surface area contributed by atoms with Crippen LogP contribution < -0.4 is 15.2 Å². The van der Waals surface area contributed by atoms with Crippen LogP contribution in [0.1, 0.15) is 42.5 Å². The van der Waals surface area contributed by atoms with Gasteiger partial charge in [-0.2, -0.15) is 0 Å². The van der Waals surface area contributed by atoms with Gasteiger partial charge in [-0.1, -0.05) is 19.3 Å². The van der Waals surface area contributed by atoms with E-state index >= 15 is 0 Å². The number of halogens is 1. The number of hydrogen-bond acceptors (Lipinski definition) is 6. The van der Waals surface area contributed by atoms with E-state index in [1.165, 1.54) is 38.8 Å². The summed E-state index contributed by atoms with van der Waals surface area (Å²) < 4.78 is 38.0. The van der Waals surface area contributed by atoms with Crippen LogP contribution in [0.4, 0.5) is 0 Å². The van der Waals surface area contributed by atoms with E-state index in [0.29, 0.717) is 0 Å². The molecule has 1 atom stereocenters. The first kappa shape index (κ1) is 22.7. The maximum Gasteiger partial charge on any atom is 0.341 e. The first-order chi connectivity index (χ1) is 11.9. The number of ether oxygens (including phenoxy) is 2. The molecule has 0 saturated heterocycles. The number of carbonyl (C=O) groups excluding carboxylic acids is 1. The molecule has 1 aliphatic carbocycles. The lowest BCUT2D eigenvalue weighted by atomic mass is 9.84. The largest absolute Gasteiger partial charge is 0.496 e. The van der Waals surface area contributed by atoms with Crippen LogP contribution in [0.15, 0.2) is 23.1 Å².